The molecule has 21 heavy (non-hydrogen) atoms. The van der Waals surface area contributed by atoms with Crippen LogP contribution in [-0.4, -0.2) is 59.1 Å². The second-order valence-corrected chi connectivity index (χ2v) is 6.39. The number of furan rings is 1. The molecule has 2 aliphatic rings. The van der Waals surface area contributed by atoms with Crippen molar-refractivity contribution in [2.75, 3.05) is 32.7 Å². The normalized spacial score (nSPS) is 22.7. The third-order valence-electron chi connectivity index (χ3n) is 4.79. The third kappa shape index (κ3) is 3.14. The predicted octanol–water partition coefficient (Wildman–Crippen LogP) is 1.65. The van der Waals surface area contributed by atoms with Gasteiger partial charge in [-0.05, 0) is 51.8 Å². The number of aliphatic hydroxyl groups is 1. The van der Waals surface area contributed by atoms with Crippen LogP contribution in [0.2, 0.25) is 0 Å². The van der Waals surface area contributed by atoms with Gasteiger partial charge in [0.25, 0.3) is 5.91 Å². The molecule has 0 bridgehead atoms. The number of hydrogen-bond acceptors (Lipinski definition) is 4. The molecule has 0 spiro atoms. The van der Waals surface area contributed by atoms with E-state index in [1.807, 2.05) is 4.90 Å². The SMILES string of the molecule is Cc1occc1C(=O)N1CCC(O)(CN2CCCC2)CC1. The van der Waals surface area contributed by atoms with Crippen LogP contribution in [0, 0.1) is 6.92 Å². The van der Waals surface area contributed by atoms with Crippen LogP contribution >= 0.6 is 0 Å². The Balaban J connectivity index is 1.57. The van der Waals surface area contributed by atoms with E-state index in [4.69, 9.17) is 4.42 Å². The molecule has 2 saturated heterocycles. The van der Waals surface area contributed by atoms with Crippen LogP contribution in [0.3, 0.4) is 0 Å². The Kier molecular flexibility index (Phi) is 4.04. The quantitative estimate of drug-likeness (QED) is 0.920. The first-order chi connectivity index (χ1) is 10.1. The number of nitrogens with zero attached hydrogens (tertiary/aromatic N) is 2. The minimum Gasteiger partial charge on any atom is -0.469 e. The highest BCUT2D eigenvalue weighted by molar-refractivity contribution is 5.95. The Morgan fingerprint density at radius 3 is 2.52 bits per heavy atom. The van der Waals surface area contributed by atoms with Crippen molar-refractivity contribution in [1.82, 2.24) is 9.80 Å². The molecular weight excluding hydrogens is 268 g/mol. The van der Waals surface area contributed by atoms with Gasteiger partial charge in [-0.25, -0.2) is 0 Å². The Morgan fingerprint density at radius 1 is 1.29 bits per heavy atom. The fraction of sp³-hybridized carbons (Fsp3) is 0.688. The summed E-state index contributed by atoms with van der Waals surface area (Å²) in [6.45, 7) is 5.99. The molecule has 0 saturated carbocycles. The molecule has 5 heteroatoms. The zero-order valence-corrected chi connectivity index (χ0v) is 12.7. The summed E-state index contributed by atoms with van der Waals surface area (Å²) in [5.41, 5.74) is 0.00649. The molecule has 2 fully saturated rings. The smallest absolute Gasteiger partial charge is 0.257 e. The standard InChI is InChI=1S/C16H24N2O3/c1-13-14(4-11-21-13)15(19)18-9-5-16(20,6-10-18)12-17-7-2-3-8-17/h4,11,20H,2-3,5-10,12H2,1H3. The number of rotatable bonds is 3. The summed E-state index contributed by atoms with van der Waals surface area (Å²) in [7, 11) is 0. The summed E-state index contributed by atoms with van der Waals surface area (Å²) in [4.78, 5) is 16.6. The zero-order chi connectivity index (χ0) is 14.9. The van der Waals surface area contributed by atoms with E-state index in [2.05, 4.69) is 4.90 Å². The van der Waals surface area contributed by atoms with Crippen molar-refractivity contribution in [1.29, 1.82) is 0 Å². The maximum atomic E-state index is 12.4. The van der Waals surface area contributed by atoms with Crippen LogP contribution in [0.1, 0.15) is 41.8 Å². The van der Waals surface area contributed by atoms with Crippen molar-refractivity contribution in [3.63, 3.8) is 0 Å². The lowest BCUT2D eigenvalue weighted by Gasteiger charge is -2.40. The topological polar surface area (TPSA) is 56.9 Å². The summed E-state index contributed by atoms with van der Waals surface area (Å²) in [5.74, 6) is 0.683. The number of aryl methyl sites for hydroxylation is 1. The van der Waals surface area contributed by atoms with Gasteiger partial charge in [0, 0.05) is 19.6 Å². The summed E-state index contributed by atoms with van der Waals surface area (Å²) in [5, 5.41) is 10.7. The number of β-amino-alcohol motifs (C(OH)–C–C–N with tert-alkyl or cyclic N) is 1. The third-order valence-corrected chi connectivity index (χ3v) is 4.79. The zero-order valence-electron chi connectivity index (χ0n) is 12.7. The second kappa shape index (κ2) is 5.81. The molecule has 0 radical (unpaired) electrons. The van der Waals surface area contributed by atoms with Gasteiger partial charge in [0.2, 0.25) is 0 Å². The highest BCUT2D eigenvalue weighted by atomic mass is 16.3. The predicted molar refractivity (Wildman–Crippen MR) is 79.2 cm³/mol. The Labute approximate surface area is 125 Å². The van der Waals surface area contributed by atoms with Crippen LogP contribution in [0.25, 0.3) is 0 Å². The lowest BCUT2D eigenvalue weighted by atomic mass is 9.90. The van der Waals surface area contributed by atoms with Gasteiger partial charge in [-0.2, -0.15) is 0 Å². The molecule has 0 atom stereocenters. The number of likely N-dealkylation sites (tertiary alicyclic amines) is 2. The van der Waals surface area contributed by atoms with Gasteiger partial charge in [-0.1, -0.05) is 0 Å². The van der Waals surface area contributed by atoms with Crippen LogP contribution in [0.4, 0.5) is 0 Å². The van der Waals surface area contributed by atoms with E-state index in [9.17, 15) is 9.90 Å². The van der Waals surface area contributed by atoms with Crippen LogP contribution in [-0.2, 0) is 0 Å². The molecule has 116 valence electrons. The molecule has 5 nitrogen and oxygen atoms in total. The maximum Gasteiger partial charge on any atom is 0.257 e. The van der Waals surface area contributed by atoms with Gasteiger partial charge >= 0.3 is 0 Å². The van der Waals surface area contributed by atoms with Crippen molar-refractivity contribution in [3.05, 3.63) is 23.7 Å². The van der Waals surface area contributed by atoms with E-state index in [-0.39, 0.29) is 5.91 Å². The van der Waals surface area contributed by atoms with Gasteiger partial charge in [-0.3, -0.25) is 4.79 Å². The molecule has 3 heterocycles. The Bertz CT molecular complexity index is 497. The van der Waals surface area contributed by atoms with E-state index < -0.39 is 5.60 Å². The minimum absolute atomic E-state index is 0.0180. The fourth-order valence-corrected chi connectivity index (χ4v) is 3.42. The lowest BCUT2D eigenvalue weighted by molar-refractivity contribution is -0.0367. The summed E-state index contributed by atoms with van der Waals surface area (Å²) in [6.07, 6.45) is 5.34. The number of amides is 1. The molecule has 3 rings (SSSR count). The van der Waals surface area contributed by atoms with Crippen LogP contribution < -0.4 is 0 Å². The largest absolute Gasteiger partial charge is 0.469 e. The average Bonchev–Trinajstić information content (AvgIpc) is 3.10. The van der Waals surface area contributed by atoms with E-state index in [1.54, 1.807) is 19.3 Å². The van der Waals surface area contributed by atoms with Crippen molar-refractivity contribution >= 4 is 5.91 Å². The first-order valence-electron chi connectivity index (χ1n) is 7.85. The fourth-order valence-electron chi connectivity index (χ4n) is 3.42. The summed E-state index contributed by atoms with van der Waals surface area (Å²) in [6, 6.07) is 1.72. The highest BCUT2D eigenvalue weighted by Crippen LogP contribution is 2.26. The first kappa shape index (κ1) is 14.6. The first-order valence-corrected chi connectivity index (χ1v) is 7.85. The van der Waals surface area contributed by atoms with Crippen LogP contribution in [0.15, 0.2) is 16.7 Å². The number of carbonyl (C=O) groups excluding carboxylic acids is 1. The second-order valence-electron chi connectivity index (χ2n) is 6.39. The average molecular weight is 292 g/mol. The molecule has 0 aromatic carbocycles. The van der Waals surface area contributed by atoms with Gasteiger partial charge in [0.05, 0.1) is 17.4 Å². The molecule has 2 aliphatic heterocycles. The van der Waals surface area contributed by atoms with Gasteiger partial charge in [0.1, 0.15) is 5.76 Å². The molecule has 0 aliphatic carbocycles. The van der Waals surface area contributed by atoms with E-state index in [0.29, 0.717) is 37.3 Å². The van der Waals surface area contributed by atoms with E-state index in [1.165, 1.54) is 12.8 Å². The minimum atomic E-state index is -0.632. The van der Waals surface area contributed by atoms with E-state index >= 15 is 0 Å². The molecule has 0 unspecified atom stereocenters. The highest BCUT2D eigenvalue weighted by Gasteiger charge is 2.36. The van der Waals surface area contributed by atoms with Crippen LogP contribution in [0.5, 0.6) is 0 Å². The summed E-state index contributed by atoms with van der Waals surface area (Å²) < 4.78 is 5.20. The van der Waals surface area contributed by atoms with Crippen molar-refractivity contribution in [3.8, 4) is 0 Å². The van der Waals surface area contributed by atoms with Gasteiger partial charge in [0.15, 0.2) is 0 Å². The summed E-state index contributed by atoms with van der Waals surface area (Å²) >= 11 is 0. The number of carbonyl (C=O) groups is 1. The van der Waals surface area contributed by atoms with Gasteiger partial charge in [-0.15, -0.1) is 0 Å². The van der Waals surface area contributed by atoms with Crippen molar-refractivity contribution in [2.45, 2.75) is 38.2 Å². The van der Waals surface area contributed by atoms with Gasteiger partial charge < -0.3 is 19.3 Å². The molecule has 1 N–H and O–H groups in total. The molecular formula is C16H24N2O3. The lowest BCUT2D eigenvalue weighted by Crippen LogP contribution is -2.51. The van der Waals surface area contributed by atoms with Crippen molar-refractivity contribution < 1.29 is 14.3 Å². The maximum absolute atomic E-state index is 12.4. The Morgan fingerprint density at radius 2 is 1.95 bits per heavy atom. The van der Waals surface area contributed by atoms with Crippen molar-refractivity contribution in [2.24, 2.45) is 0 Å². The van der Waals surface area contributed by atoms with E-state index in [0.717, 1.165) is 19.6 Å². The number of piperidine rings is 1. The number of hydrogen-bond donors (Lipinski definition) is 1. The molecule has 1 aromatic heterocycles. The monoisotopic (exact) mass is 292 g/mol. The Hall–Kier alpha value is -1.33. The molecule has 1 aromatic rings. The molecule has 1 amide bonds.